The lowest BCUT2D eigenvalue weighted by Crippen LogP contribution is -2.32. The molecule has 0 radical (unpaired) electrons. The number of hydrogen-bond acceptors (Lipinski definition) is 3. The summed E-state index contributed by atoms with van der Waals surface area (Å²) >= 11 is 0. The number of hydrogen-bond donors (Lipinski definition) is 2. The molecule has 1 unspecified atom stereocenters. The smallest absolute Gasteiger partial charge is 0.0503 e. The van der Waals surface area contributed by atoms with Crippen LogP contribution in [0, 0.1) is 5.92 Å². The molecule has 1 aliphatic carbocycles. The average molecular weight is 191 g/mol. The van der Waals surface area contributed by atoms with E-state index >= 15 is 0 Å². The van der Waals surface area contributed by atoms with Gasteiger partial charge in [-0.15, -0.1) is 0 Å². The van der Waals surface area contributed by atoms with Crippen LogP contribution >= 0.6 is 0 Å². The first-order valence-electron chi connectivity index (χ1n) is 5.28. The van der Waals surface area contributed by atoms with Gasteiger partial charge < -0.3 is 0 Å². The first-order chi connectivity index (χ1) is 6.92. The van der Waals surface area contributed by atoms with Gasteiger partial charge in [-0.1, -0.05) is 18.9 Å². The first-order valence-corrected chi connectivity index (χ1v) is 5.28. The van der Waals surface area contributed by atoms with Gasteiger partial charge in [-0.05, 0) is 30.4 Å². The van der Waals surface area contributed by atoms with E-state index in [0.29, 0.717) is 5.92 Å². The third-order valence-electron chi connectivity index (χ3n) is 3.09. The molecule has 1 atom stereocenters. The summed E-state index contributed by atoms with van der Waals surface area (Å²) in [6.07, 6.45) is 8.94. The quantitative estimate of drug-likeness (QED) is 0.565. The molecule has 1 heterocycles. The highest BCUT2D eigenvalue weighted by Crippen LogP contribution is 2.34. The molecule has 3 nitrogen and oxygen atoms in total. The van der Waals surface area contributed by atoms with Gasteiger partial charge in [0.15, 0.2) is 0 Å². The van der Waals surface area contributed by atoms with Gasteiger partial charge in [-0.3, -0.25) is 16.3 Å². The minimum atomic E-state index is 0.284. The third-order valence-corrected chi connectivity index (χ3v) is 3.09. The molecule has 1 aromatic rings. The van der Waals surface area contributed by atoms with Crippen LogP contribution in [0.2, 0.25) is 0 Å². The van der Waals surface area contributed by atoms with E-state index in [9.17, 15) is 0 Å². The Balaban J connectivity index is 2.12. The number of nitrogens with one attached hydrogen (secondary N) is 1. The van der Waals surface area contributed by atoms with E-state index < -0.39 is 0 Å². The summed E-state index contributed by atoms with van der Waals surface area (Å²) in [5.74, 6) is 6.29. The van der Waals surface area contributed by atoms with Crippen LogP contribution in [0.25, 0.3) is 0 Å². The summed E-state index contributed by atoms with van der Waals surface area (Å²) in [6.45, 7) is 0. The maximum atomic E-state index is 5.61. The van der Waals surface area contributed by atoms with Crippen LogP contribution in [0.4, 0.5) is 0 Å². The predicted molar refractivity (Wildman–Crippen MR) is 56.3 cm³/mol. The predicted octanol–water partition coefficient (Wildman–Crippen LogP) is 1.78. The maximum Gasteiger partial charge on any atom is 0.0503 e. The molecule has 3 heteroatoms. The lowest BCUT2D eigenvalue weighted by Gasteiger charge is -2.22. The normalized spacial score (nSPS) is 19.8. The van der Waals surface area contributed by atoms with Crippen LogP contribution in [-0.2, 0) is 0 Å². The monoisotopic (exact) mass is 191 g/mol. The topological polar surface area (TPSA) is 50.9 Å². The fraction of sp³-hybridized carbons (Fsp3) is 0.545. The van der Waals surface area contributed by atoms with Gasteiger partial charge in [-0.25, -0.2) is 0 Å². The highest BCUT2D eigenvalue weighted by Gasteiger charge is 2.25. The number of nitrogens with zero attached hydrogens (tertiary/aromatic N) is 1. The molecule has 1 saturated carbocycles. The molecule has 0 aliphatic heterocycles. The van der Waals surface area contributed by atoms with Gasteiger partial charge in [-0.2, -0.15) is 0 Å². The van der Waals surface area contributed by atoms with Crippen molar-refractivity contribution < 1.29 is 0 Å². The molecular formula is C11H17N3. The Bertz CT molecular complexity index is 267. The Morgan fingerprint density at radius 3 is 2.79 bits per heavy atom. The van der Waals surface area contributed by atoms with Crippen LogP contribution in [-0.4, -0.2) is 4.98 Å². The second kappa shape index (κ2) is 4.53. The van der Waals surface area contributed by atoms with E-state index in [4.69, 9.17) is 5.84 Å². The molecule has 0 bridgehead atoms. The van der Waals surface area contributed by atoms with Crippen molar-refractivity contribution in [3.8, 4) is 0 Å². The van der Waals surface area contributed by atoms with Crippen LogP contribution in [0.3, 0.4) is 0 Å². The molecule has 14 heavy (non-hydrogen) atoms. The van der Waals surface area contributed by atoms with Gasteiger partial charge in [0, 0.05) is 12.4 Å². The number of aromatic nitrogens is 1. The molecule has 76 valence electrons. The zero-order chi connectivity index (χ0) is 9.80. The maximum absolute atomic E-state index is 5.61. The number of nitrogens with two attached hydrogens (primary N) is 1. The molecule has 3 N–H and O–H groups in total. The highest BCUT2D eigenvalue weighted by molar-refractivity contribution is 5.15. The molecule has 0 saturated heterocycles. The Kier molecular flexibility index (Phi) is 3.11. The Morgan fingerprint density at radius 2 is 2.21 bits per heavy atom. The van der Waals surface area contributed by atoms with Crippen molar-refractivity contribution in [1.29, 1.82) is 0 Å². The van der Waals surface area contributed by atoms with Gasteiger partial charge in [0.2, 0.25) is 0 Å². The van der Waals surface area contributed by atoms with E-state index in [-0.39, 0.29) is 6.04 Å². The summed E-state index contributed by atoms with van der Waals surface area (Å²) in [6, 6.07) is 4.34. The van der Waals surface area contributed by atoms with Crippen molar-refractivity contribution in [1.82, 2.24) is 10.4 Å². The minimum absolute atomic E-state index is 0.284. The molecule has 2 rings (SSSR count). The Hall–Kier alpha value is -0.930. The lowest BCUT2D eigenvalue weighted by molar-refractivity contribution is 0.373. The summed E-state index contributed by atoms with van der Waals surface area (Å²) in [7, 11) is 0. The van der Waals surface area contributed by atoms with Crippen LogP contribution in [0.15, 0.2) is 24.5 Å². The van der Waals surface area contributed by atoms with Crippen molar-refractivity contribution >= 4 is 0 Å². The Labute approximate surface area is 84.7 Å². The van der Waals surface area contributed by atoms with E-state index in [0.717, 1.165) is 0 Å². The standard InChI is InChI=1S/C11H17N3/c12-14-11(9-4-1-2-5-9)10-6-3-7-13-8-10/h3,6-9,11,14H,1-2,4-5,12H2. The van der Waals surface area contributed by atoms with E-state index in [1.54, 1.807) is 6.20 Å². The van der Waals surface area contributed by atoms with Gasteiger partial charge in [0.1, 0.15) is 0 Å². The number of rotatable bonds is 3. The van der Waals surface area contributed by atoms with Crippen molar-refractivity contribution in [2.24, 2.45) is 11.8 Å². The summed E-state index contributed by atoms with van der Waals surface area (Å²) in [4.78, 5) is 4.13. The second-order valence-corrected chi connectivity index (χ2v) is 3.98. The molecule has 0 amide bonds. The van der Waals surface area contributed by atoms with Gasteiger partial charge >= 0.3 is 0 Å². The molecule has 1 aliphatic rings. The zero-order valence-corrected chi connectivity index (χ0v) is 8.32. The highest BCUT2D eigenvalue weighted by atomic mass is 15.2. The average Bonchev–Trinajstić information content (AvgIpc) is 2.74. The number of pyridine rings is 1. The van der Waals surface area contributed by atoms with Crippen molar-refractivity contribution in [3.63, 3.8) is 0 Å². The molecule has 1 fully saturated rings. The number of hydrazine groups is 1. The SMILES string of the molecule is NNC(c1cccnc1)C1CCCC1. The molecule has 0 spiro atoms. The van der Waals surface area contributed by atoms with Crippen LogP contribution < -0.4 is 11.3 Å². The van der Waals surface area contributed by atoms with Crippen molar-refractivity contribution in [3.05, 3.63) is 30.1 Å². The van der Waals surface area contributed by atoms with Crippen molar-refractivity contribution in [2.45, 2.75) is 31.7 Å². The zero-order valence-electron chi connectivity index (χ0n) is 8.32. The largest absolute Gasteiger partial charge is 0.271 e. The van der Waals surface area contributed by atoms with Gasteiger partial charge in [0.25, 0.3) is 0 Å². The fourth-order valence-electron chi connectivity index (χ4n) is 2.36. The van der Waals surface area contributed by atoms with Crippen molar-refractivity contribution in [2.75, 3.05) is 0 Å². The lowest BCUT2D eigenvalue weighted by atomic mass is 9.93. The van der Waals surface area contributed by atoms with E-state index in [2.05, 4.69) is 16.5 Å². The first kappa shape index (κ1) is 9.62. The van der Waals surface area contributed by atoms with E-state index in [1.807, 2.05) is 12.3 Å². The second-order valence-electron chi connectivity index (χ2n) is 3.98. The Morgan fingerprint density at radius 1 is 1.43 bits per heavy atom. The fourth-order valence-corrected chi connectivity index (χ4v) is 2.36. The summed E-state index contributed by atoms with van der Waals surface area (Å²) in [5, 5.41) is 0. The molecular weight excluding hydrogens is 174 g/mol. The summed E-state index contributed by atoms with van der Waals surface area (Å²) < 4.78 is 0. The summed E-state index contributed by atoms with van der Waals surface area (Å²) in [5.41, 5.74) is 4.13. The van der Waals surface area contributed by atoms with Gasteiger partial charge in [0.05, 0.1) is 6.04 Å². The molecule has 0 aromatic carbocycles. The van der Waals surface area contributed by atoms with Crippen LogP contribution in [0.1, 0.15) is 37.3 Å². The van der Waals surface area contributed by atoms with E-state index in [1.165, 1.54) is 31.2 Å². The molecule has 1 aromatic heterocycles. The van der Waals surface area contributed by atoms with Crippen LogP contribution in [0.5, 0.6) is 0 Å². The third kappa shape index (κ3) is 1.94. The minimum Gasteiger partial charge on any atom is -0.271 e.